The van der Waals surface area contributed by atoms with E-state index in [0.29, 0.717) is 0 Å². The van der Waals surface area contributed by atoms with Crippen molar-refractivity contribution >= 4 is 27.1 Å². The number of carbonyl (C=O) groups excluding carboxylic acids is 1. The molecule has 0 bridgehead atoms. The topological polar surface area (TPSA) is 138 Å². The predicted octanol–water partition coefficient (Wildman–Crippen LogP) is -2.02. The second-order valence-corrected chi connectivity index (χ2v) is 4.01. The summed E-state index contributed by atoms with van der Waals surface area (Å²) in [5.74, 6) is 0. The average Bonchev–Trinajstić information content (AvgIpc) is 1.77. The van der Waals surface area contributed by atoms with Crippen molar-refractivity contribution in [3.63, 3.8) is 0 Å². The number of rotatable bonds is 4. The van der Waals surface area contributed by atoms with Gasteiger partial charge in [-0.15, -0.1) is 0 Å². The van der Waals surface area contributed by atoms with E-state index in [1.807, 2.05) is 0 Å². The minimum Gasteiger partial charge on any atom is -0.337 e. The van der Waals surface area contributed by atoms with Gasteiger partial charge >= 0.3 is 27.1 Å². The Morgan fingerprint density at radius 2 is 1.42 bits per heavy atom. The summed E-state index contributed by atoms with van der Waals surface area (Å²) in [4.78, 5) is 12.7. The van der Waals surface area contributed by atoms with Crippen molar-refractivity contribution in [3.8, 4) is 0 Å². The molecule has 0 aliphatic rings. The van der Waals surface area contributed by atoms with Crippen LogP contribution < -0.4 is 0 Å². The van der Waals surface area contributed by atoms with Gasteiger partial charge in [0, 0.05) is 0 Å². The zero-order valence-corrected chi connectivity index (χ0v) is 6.82. The van der Waals surface area contributed by atoms with Crippen LogP contribution in [0, 0.1) is 0 Å². The lowest BCUT2D eigenvalue weighted by Gasteiger charge is -2.08. The van der Waals surface area contributed by atoms with Gasteiger partial charge in [0.25, 0.3) is 0 Å². The summed E-state index contributed by atoms with van der Waals surface area (Å²) in [6.07, 6.45) is 0. The summed E-state index contributed by atoms with van der Waals surface area (Å²) < 4.78 is 54.9. The molecular weight excluding hydrogens is 218 g/mol. The summed E-state index contributed by atoms with van der Waals surface area (Å²) in [5, 5.41) is 0. The molecule has 0 fully saturated rings. The van der Waals surface area contributed by atoms with Crippen molar-refractivity contribution in [1.29, 1.82) is 0 Å². The van der Waals surface area contributed by atoms with E-state index in [4.69, 9.17) is 9.11 Å². The van der Waals surface area contributed by atoms with Crippen LogP contribution in [0.25, 0.3) is 0 Å². The van der Waals surface area contributed by atoms with Crippen LogP contribution in [0.5, 0.6) is 0 Å². The van der Waals surface area contributed by atoms with Gasteiger partial charge in [0.1, 0.15) is 3.87 Å². The minimum atomic E-state index is -5.34. The minimum absolute atomic E-state index is 0.610. The van der Waals surface area contributed by atoms with E-state index in [0.717, 1.165) is 0 Å². The molecule has 0 saturated heterocycles. The van der Waals surface area contributed by atoms with E-state index in [1.54, 1.807) is 0 Å². The van der Waals surface area contributed by atoms with Crippen LogP contribution >= 0.6 is 0 Å². The van der Waals surface area contributed by atoms with Crippen LogP contribution in [-0.4, -0.2) is 36.3 Å². The van der Waals surface area contributed by atoms with Gasteiger partial charge in [-0.2, -0.15) is 16.8 Å². The van der Waals surface area contributed by atoms with Crippen molar-refractivity contribution in [2.45, 2.75) is 0 Å². The fourth-order valence-corrected chi connectivity index (χ4v) is 1.50. The van der Waals surface area contributed by atoms with Crippen LogP contribution in [0.2, 0.25) is 0 Å². The summed E-state index contributed by atoms with van der Waals surface area (Å²) in [6, 6.07) is 0. The highest BCUT2D eigenvalue weighted by Gasteiger charge is 2.33. The normalized spacial score (nSPS) is 12.9. The van der Waals surface area contributed by atoms with Gasteiger partial charge in [-0.1, -0.05) is 0 Å². The van der Waals surface area contributed by atoms with Crippen molar-refractivity contribution in [2.75, 3.05) is 0 Å². The zero-order valence-electron chi connectivity index (χ0n) is 5.18. The highest BCUT2D eigenvalue weighted by molar-refractivity contribution is 7.98. The largest absolute Gasteiger partial charge is 0.384 e. The molecule has 0 saturated carbocycles. The third-order valence-electron chi connectivity index (χ3n) is 0.506. The second kappa shape index (κ2) is 3.32. The standard InChI is InChI=1S/CH3NO8S2/c3-1-10-2(11(4,5)6)12(7,8)9/h1H,(H,4,5,6)(H,7,8,9). The van der Waals surface area contributed by atoms with E-state index in [2.05, 4.69) is 4.84 Å². The molecule has 0 unspecified atom stereocenters. The maximum absolute atomic E-state index is 10.0. The molecule has 0 aliphatic carbocycles. The molecule has 72 valence electrons. The molecule has 0 rings (SSSR count). The Morgan fingerprint density at radius 3 is 1.50 bits per heavy atom. The molecule has 0 aliphatic heterocycles. The monoisotopic (exact) mass is 221 g/mol. The molecule has 0 aromatic carbocycles. The maximum atomic E-state index is 10.0. The Hall–Kier alpha value is -0.750. The average molecular weight is 221 g/mol. The fraction of sp³-hybridized carbons (Fsp3) is 0. The molecular formula is CH3NO8S2. The quantitative estimate of drug-likeness (QED) is 0.315. The highest BCUT2D eigenvalue weighted by Crippen LogP contribution is 2.03. The van der Waals surface area contributed by atoms with Crippen LogP contribution in [0.3, 0.4) is 0 Å². The van der Waals surface area contributed by atoms with Crippen molar-refractivity contribution in [1.82, 2.24) is 3.87 Å². The van der Waals surface area contributed by atoms with E-state index >= 15 is 0 Å². The number of hydrogen-bond acceptors (Lipinski definition) is 6. The van der Waals surface area contributed by atoms with E-state index in [-0.39, 0.29) is 0 Å². The lowest BCUT2D eigenvalue weighted by Crippen LogP contribution is -2.35. The molecule has 0 amide bonds. The van der Waals surface area contributed by atoms with Crippen LogP contribution in [0.4, 0.5) is 0 Å². The Kier molecular flexibility index (Phi) is 3.11. The molecule has 0 radical (unpaired) electrons. The summed E-state index contributed by atoms with van der Waals surface area (Å²) >= 11 is 0. The van der Waals surface area contributed by atoms with Gasteiger partial charge in [0.05, 0.1) is 0 Å². The lowest BCUT2D eigenvalue weighted by molar-refractivity contribution is -0.143. The van der Waals surface area contributed by atoms with Crippen LogP contribution in [-0.2, 0) is 30.2 Å². The first-order valence-corrected chi connectivity index (χ1v) is 4.84. The lowest BCUT2D eigenvalue weighted by atomic mass is 11.6. The summed E-state index contributed by atoms with van der Waals surface area (Å²) in [5.41, 5.74) is 0. The third kappa shape index (κ3) is 3.10. The number of hydrogen-bond donors (Lipinski definition) is 2. The van der Waals surface area contributed by atoms with Gasteiger partial charge in [-0.25, -0.2) is 0 Å². The third-order valence-corrected chi connectivity index (χ3v) is 2.56. The molecule has 0 spiro atoms. The van der Waals surface area contributed by atoms with Crippen LogP contribution in [0.15, 0.2) is 0 Å². The van der Waals surface area contributed by atoms with Gasteiger partial charge in [0.2, 0.25) is 0 Å². The summed E-state index contributed by atoms with van der Waals surface area (Å²) in [6.45, 7) is -0.610. The highest BCUT2D eigenvalue weighted by atomic mass is 32.3. The Balaban J connectivity index is 5.09. The molecule has 0 atom stereocenters. The molecule has 9 nitrogen and oxygen atoms in total. The second-order valence-electron chi connectivity index (χ2n) is 1.32. The Morgan fingerprint density at radius 1 is 1.08 bits per heavy atom. The van der Waals surface area contributed by atoms with Crippen molar-refractivity contribution in [3.05, 3.63) is 0 Å². The first-order chi connectivity index (χ1) is 5.19. The van der Waals surface area contributed by atoms with Gasteiger partial charge in [-0.05, 0) is 0 Å². The number of nitrogens with zero attached hydrogens (tertiary/aromatic N) is 1. The zero-order chi connectivity index (χ0) is 9.99. The Bertz CT molecular complexity index is 317. The van der Waals surface area contributed by atoms with Gasteiger partial charge in [-0.3, -0.25) is 13.9 Å². The Labute approximate surface area is 67.3 Å². The number of carbonyl (C=O) groups is 1. The SMILES string of the molecule is O=CON(S(=O)(=O)O)S(=O)(=O)O. The van der Waals surface area contributed by atoms with E-state index < -0.39 is 31.0 Å². The van der Waals surface area contributed by atoms with Crippen molar-refractivity contribution in [2.24, 2.45) is 0 Å². The fourth-order valence-electron chi connectivity index (χ4n) is 0.263. The molecule has 11 heteroatoms. The van der Waals surface area contributed by atoms with Gasteiger partial charge in [0.15, 0.2) is 0 Å². The van der Waals surface area contributed by atoms with Crippen molar-refractivity contribution < 1.29 is 35.6 Å². The first kappa shape index (κ1) is 11.2. The molecule has 0 heterocycles. The maximum Gasteiger partial charge on any atom is 0.384 e. The van der Waals surface area contributed by atoms with Crippen LogP contribution in [0.1, 0.15) is 0 Å². The molecule has 2 N–H and O–H groups in total. The first-order valence-electron chi connectivity index (χ1n) is 2.05. The van der Waals surface area contributed by atoms with E-state index in [9.17, 15) is 21.6 Å². The van der Waals surface area contributed by atoms with Gasteiger partial charge < -0.3 is 4.84 Å². The summed E-state index contributed by atoms with van der Waals surface area (Å²) in [7, 11) is -10.7. The molecule has 0 aromatic rings. The van der Waals surface area contributed by atoms with E-state index in [1.165, 1.54) is 0 Å². The molecule has 12 heavy (non-hydrogen) atoms. The predicted molar refractivity (Wildman–Crippen MR) is 32.1 cm³/mol. The molecule has 0 aromatic heterocycles. The smallest absolute Gasteiger partial charge is 0.337 e.